The fourth-order valence-corrected chi connectivity index (χ4v) is 1.77. The highest BCUT2D eigenvalue weighted by Gasteiger charge is 2.19. The van der Waals surface area contributed by atoms with Crippen LogP contribution in [0.1, 0.15) is 52.9 Å². The quantitative estimate of drug-likeness (QED) is 0.650. The SMILES string of the molecule is CCCCCC(=O)N(CC)C(C)CC(=O)O. The highest BCUT2D eigenvalue weighted by Crippen LogP contribution is 2.09. The maximum atomic E-state index is 11.8. The van der Waals surface area contributed by atoms with Gasteiger partial charge in [-0.15, -0.1) is 0 Å². The summed E-state index contributed by atoms with van der Waals surface area (Å²) in [5, 5.41) is 8.69. The first-order chi connectivity index (χ1) is 7.52. The molecule has 1 N–H and O–H groups in total. The second-order valence-electron chi connectivity index (χ2n) is 4.08. The third-order valence-corrected chi connectivity index (χ3v) is 2.66. The van der Waals surface area contributed by atoms with Crippen LogP contribution >= 0.6 is 0 Å². The molecule has 4 nitrogen and oxygen atoms in total. The molecule has 0 saturated carbocycles. The van der Waals surface area contributed by atoms with Gasteiger partial charge in [0.25, 0.3) is 0 Å². The van der Waals surface area contributed by atoms with E-state index in [1.165, 1.54) is 0 Å². The summed E-state index contributed by atoms with van der Waals surface area (Å²) in [6.45, 7) is 6.35. The number of hydrogen-bond acceptors (Lipinski definition) is 2. The van der Waals surface area contributed by atoms with Crippen LogP contribution in [0.15, 0.2) is 0 Å². The number of rotatable bonds is 8. The minimum absolute atomic E-state index is 0.0212. The van der Waals surface area contributed by atoms with Crippen molar-refractivity contribution >= 4 is 11.9 Å². The molecule has 0 radical (unpaired) electrons. The summed E-state index contributed by atoms with van der Waals surface area (Å²) in [5.41, 5.74) is 0. The number of hydrogen-bond donors (Lipinski definition) is 1. The van der Waals surface area contributed by atoms with Gasteiger partial charge in [-0.1, -0.05) is 19.8 Å². The fourth-order valence-electron chi connectivity index (χ4n) is 1.77. The number of carboxylic acid groups (broad SMARTS) is 1. The third kappa shape index (κ3) is 5.73. The molecule has 16 heavy (non-hydrogen) atoms. The Morgan fingerprint density at radius 3 is 2.31 bits per heavy atom. The normalized spacial score (nSPS) is 12.2. The summed E-state index contributed by atoms with van der Waals surface area (Å²) in [6.07, 6.45) is 3.59. The summed E-state index contributed by atoms with van der Waals surface area (Å²) in [5.74, 6) is -0.781. The van der Waals surface area contributed by atoms with Gasteiger partial charge in [0.2, 0.25) is 5.91 Å². The van der Waals surface area contributed by atoms with Gasteiger partial charge in [0, 0.05) is 19.0 Å². The van der Waals surface area contributed by atoms with E-state index < -0.39 is 5.97 Å². The van der Waals surface area contributed by atoms with Crippen molar-refractivity contribution in [2.75, 3.05) is 6.54 Å². The van der Waals surface area contributed by atoms with E-state index >= 15 is 0 Å². The van der Waals surface area contributed by atoms with E-state index in [-0.39, 0.29) is 18.4 Å². The molecule has 0 bridgehead atoms. The second kappa shape index (κ2) is 8.13. The van der Waals surface area contributed by atoms with Crippen molar-refractivity contribution in [1.82, 2.24) is 4.90 Å². The predicted octanol–water partition coefficient (Wildman–Crippen LogP) is 2.28. The second-order valence-corrected chi connectivity index (χ2v) is 4.08. The number of unbranched alkanes of at least 4 members (excludes halogenated alkanes) is 2. The molecule has 0 rings (SSSR count). The van der Waals surface area contributed by atoms with E-state index in [1.807, 2.05) is 6.92 Å². The van der Waals surface area contributed by atoms with E-state index in [0.717, 1.165) is 19.3 Å². The summed E-state index contributed by atoms with van der Waals surface area (Å²) in [4.78, 5) is 24.0. The summed E-state index contributed by atoms with van der Waals surface area (Å²) >= 11 is 0. The number of amides is 1. The number of carbonyl (C=O) groups is 2. The molecule has 0 aliphatic heterocycles. The van der Waals surface area contributed by atoms with E-state index in [2.05, 4.69) is 6.92 Å². The van der Waals surface area contributed by atoms with Crippen LogP contribution in [-0.4, -0.2) is 34.5 Å². The highest BCUT2D eigenvalue weighted by molar-refractivity contribution is 5.77. The number of aliphatic carboxylic acids is 1. The van der Waals surface area contributed by atoms with Crippen molar-refractivity contribution < 1.29 is 14.7 Å². The van der Waals surface area contributed by atoms with Gasteiger partial charge in [-0.25, -0.2) is 0 Å². The zero-order valence-corrected chi connectivity index (χ0v) is 10.5. The average Bonchev–Trinajstić information content (AvgIpc) is 2.18. The first kappa shape index (κ1) is 14.9. The van der Waals surface area contributed by atoms with Crippen molar-refractivity contribution in [2.24, 2.45) is 0 Å². The van der Waals surface area contributed by atoms with E-state index in [9.17, 15) is 9.59 Å². The molecule has 94 valence electrons. The molecule has 0 aliphatic rings. The topological polar surface area (TPSA) is 57.6 Å². The Morgan fingerprint density at radius 1 is 1.25 bits per heavy atom. The van der Waals surface area contributed by atoms with Gasteiger partial charge < -0.3 is 10.0 Å². The lowest BCUT2D eigenvalue weighted by molar-refractivity contribution is -0.140. The summed E-state index contributed by atoms with van der Waals surface area (Å²) < 4.78 is 0. The van der Waals surface area contributed by atoms with Crippen molar-refractivity contribution in [1.29, 1.82) is 0 Å². The Balaban J connectivity index is 4.14. The highest BCUT2D eigenvalue weighted by atomic mass is 16.4. The summed E-state index contributed by atoms with van der Waals surface area (Å²) in [6, 6.07) is -0.211. The molecule has 4 heteroatoms. The molecule has 1 unspecified atom stereocenters. The van der Waals surface area contributed by atoms with Crippen LogP contribution in [0, 0.1) is 0 Å². The van der Waals surface area contributed by atoms with Gasteiger partial charge >= 0.3 is 5.97 Å². The van der Waals surface area contributed by atoms with Crippen LogP contribution < -0.4 is 0 Å². The first-order valence-electron chi connectivity index (χ1n) is 6.04. The standard InChI is InChI=1S/C12H23NO3/c1-4-6-7-8-11(14)13(5-2)10(3)9-12(15)16/h10H,4-9H2,1-3H3,(H,15,16). The Labute approximate surface area is 97.6 Å². The zero-order valence-electron chi connectivity index (χ0n) is 10.5. The van der Waals surface area contributed by atoms with Crippen molar-refractivity contribution in [3.05, 3.63) is 0 Å². The number of carbonyl (C=O) groups excluding carboxylic acids is 1. The Hall–Kier alpha value is -1.06. The molecule has 0 heterocycles. The monoisotopic (exact) mass is 229 g/mol. The number of nitrogens with zero attached hydrogens (tertiary/aromatic N) is 1. The Morgan fingerprint density at radius 2 is 1.88 bits per heavy atom. The molecule has 0 aromatic heterocycles. The first-order valence-corrected chi connectivity index (χ1v) is 6.04. The predicted molar refractivity (Wildman–Crippen MR) is 63.2 cm³/mol. The summed E-state index contributed by atoms with van der Waals surface area (Å²) in [7, 11) is 0. The molecule has 1 atom stereocenters. The third-order valence-electron chi connectivity index (χ3n) is 2.66. The maximum absolute atomic E-state index is 11.8. The molecule has 0 aromatic carbocycles. The van der Waals surface area contributed by atoms with Crippen molar-refractivity contribution in [3.8, 4) is 0 Å². The van der Waals surface area contributed by atoms with E-state index in [0.29, 0.717) is 13.0 Å². The van der Waals surface area contributed by atoms with Crippen LogP contribution in [0.5, 0.6) is 0 Å². The smallest absolute Gasteiger partial charge is 0.305 e. The van der Waals surface area contributed by atoms with Crippen LogP contribution in [0.25, 0.3) is 0 Å². The maximum Gasteiger partial charge on any atom is 0.305 e. The van der Waals surface area contributed by atoms with Crippen LogP contribution in [-0.2, 0) is 9.59 Å². The van der Waals surface area contributed by atoms with Crippen molar-refractivity contribution in [3.63, 3.8) is 0 Å². The average molecular weight is 229 g/mol. The number of carboxylic acids is 1. The fraction of sp³-hybridized carbons (Fsp3) is 0.833. The minimum atomic E-state index is -0.854. The zero-order chi connectivity index (χ0) is 12.6. The van der Waals surface area contributed by atoms with E-state index in [1.54, 1.807) is 11.8 Å². The molecule has 0 spiro atoms. The van der Waals surface area contributed by atoms with Gasteiger partial charge in [0.15, 0.2) is 0 Å². The lowest BCUT2D eigenvalue weighted by Gasteiger charge is -2.27. The largest absolute Gasteiger partial charge is 0.481 e. The van der Waals surface area contributed by atoms with Gasteiger partial charge in [-0.3, -0.25) is 9.59 Å². The molecule has 0 aliphatic carbocycles. The molecule has 0 aromatic rings. The van der Waals surface area contributed by atoms with Gasteiger partial charge in [0.05, 0.1) is 6.42 Å². The van der Waals surface area contributed by atoms with Gasteiger partial charge in [0.1, 0.15) is 0 Å². The van der Waals surface area contributed by atoms with Crippen LogP contribution in [0.3, 0.4) is 0 Å². The molecular weight excluding hydrogens is 206 g/mol. The van der Waals surface area contributed by atoms with E-state index in [4.69, 9.17) is 5.11 Å². The van der Waals surface area contributed by atoms with Gasteiger partial charge in [-0.05, 0) is 20.3 Å². The van der Waals surface area contributed by atoms with Crippen LogP contribution in [0.2, 0.25) is 0 Å². The Bertz CT molecular complexity index is 228. The van der Waals surface area contributed by atoms with Gasteiger partial charge in [-0.2, -0.15) is 0 Å². The van der Waals surface area contributed by atoms with Crippen LogP contribution in [0.4, 0.5) is 0 Å². The molecular formula is C12H23NO3. The molecule has 1 amide bonds. The molecule has 0 fully saturated rings. The molecule has 0 saturated heterocycles. The lowest BCUT2D eigenvalue weighted by Crippen LogP contribution is -2.39. The minimum Gasteiger partial charge on any atom is -0.481 e. The Kier molecular flexibility index (Phi) is 7.60. The van der Waals surface area contributed by atoms with Crippen molar-refractivity contribution in [2.45, 2.75) is 58.9 Å². The lowest BCUT2D eigenvalue weighted by atomic mass is 10.1.